The van der Waals surface area contributed by atoms with Gasteiger partial charge in [-0.05, 0) is 24.3 Å². The first-order valence-corrected chi connectivity index (χ1v) is 10.1. The van der Waals surface area contributed by atoms with Crippen molar-refractivity contribution >= 4 is 22.9 Å². The average Bonchev–Trinajstić information content (AvgIpc) is 2.70. The highest BCUT2D eigenvalue weighted by Gasteiger charge is 2.33. The number of carbonyl (C=O) groups is 1. The Balaban J connectivity index is 1.68. The second kappa shape index (κ2) is 9.58. The minimum atomic E-state index is -5.07. The van der Waals surface area contributed by atoms with Crippen LogP contribution in [-0.4, -0.2) is 62.0 Å². The van der Waals surface area contributed by atoms with E-state index >= 15 is 0 Å². The number of anilines is 1. The molecular weight excluding hydrogens is 444 g/mol. The van der Waals surface area contributed by atoms with Crippen LogP contribution in [0.1, 0.15) is 15.9 Å². The van der Waals surface area contributed by atoms with E-state index in [1.807, 2.05) is 4.90 Å². The molecular formula is C18H17F4N4O4S-. The van der Waals surface area contributed by atoms with Gasteiger partial charge in [-0.1, -0.05) is 0 Å². The standard InChI is InChI=1S/C18H18F4N4O4S/c19-14-10-23-4-3-13(14)11-25-5-7-26(8-6-25)17(27)12-1-2-15(24-31(28)29)16(9-12)30-18(20,21)22/h1-4,9-10,24H,5-8,11H2,(H,28,29)/p-1. The Morgan fingerprint density at radius 2 is 1.94 bits per heavy atom. The molecule has 1 atom stereocenters. The van der Waals surface area contributed by atoms with Gasteiger partial charge in [0.2, 0.25) is 0 Å². The molecule has 13 heteroatoms. The van der Waals surface area contributed by atoms with E-state index in [4.69, 9.17) is 0 Å². The van der Waals surface area contributed by atoms with E-state index in [-0.39, 0.29) is 18.7 Å². The summed E-state index contributed by atoms with van der Waals surface area (Å²) in [5, 5.41) is 0. The lowest BCUT2D eigenvalue weighted by Crippen LogP contribution is -2.48. The molecule has 1 amide bonds. The van der Waals surface area contributed by atoms with Crippen LogP contribution in [0.2, 0.25) is 0 Å². The number of rotatable bonds is 6. The number of nitrogens with zero attached hydrogens (tertiary/aromatic N) is 3. The van der Waals surface area contributed by atoms with Crippen molar-refractivity contribution in [2.45, 2.75) is 12.9 Å². The molecule has 1 N–H and O–H groups in total. The van der Waals surface area contributed by atoms with Crippen molar-refractivity contribution in [2.24, 2.45) is 0 Å². The van der Waals surface area contributed by atoms with Crippen LogP contribution < -0.4 is 9.46 Å². The number of hydrogen-bond acceptors (Lipinski definition) is 6. The number of alkyl halides is 3. The lowest BCUT2D eigenvalue weighted by Gasteiger charge is -2.35. The smallest absolute Gasteiger partial charge is 0.573 e. The normalized spacial score (nSPS) is 16.1. The van der Waals surface area contributed by atoms with Crippen molar-refractivity contribution in [3.8, 4) is 5.75 Å². The van der Waals surface area contributed by atoms with E-state index in [0.29, 0.717) is 25.2 Å². The molecule has 1 fully saturated rings. The van der Waals surface area contributed by atoms with Gasteiger partial charge in [0.15, 0.2) is 5.75 Å². The molecule has 1 aromatic heterocycles. The molecule has 3 rings (SSSR count). The lowest BCUT2D eigenvalue weighted by atomic mass is 10.1. The molecule has 0 spiro atoms. The SMILES string of the molecule is O=C(c1ccc(NS(=O)[O-])c(OC(F)(F)F)c1)N1CCN(Cc2ccncc2F)CC1. The molecule has 2 heterocycles. The van der Waals surface area contributed by atoms with Gasteiger partial charge >= 0.3 is 6.36 Å². The molecule has 8 nitrogen and oxygen atoms in total. The van der Waals surface area contributed by atoms with E-state index in [1.165, 1.54) is 17.2 Å². The van der Waals surface area contributed by atoms with Gasteiger partial charge in [0.25, 0.3) is 5.91 Å². The third kappa shape index (κ3) is 6.35. The van der Waals surface area contributed by atoms with Crippen LogP contribution in [0.15, 0.2) is 36.7 Å². The zero-order valence-corrected chi connectivity index (χ0v) is 16.7. The molecule has 31 heavy (non-hydrogen) atoms. The molecule has 0 radical (unpaired) electrons. The number of aromatic nitrogens is 1. The zero-order chi connectivity index (χ0) is 22.6. The van der Waals surface area contributed by atoms with Gasteiger partial charge in [0.1, 0.15) is 5.82 Å². The minimum absolute atomic E-state index is 0.0879. The first-order chi connectivity index (χ1) is 14.6. The van der Waals surface area contributed by atoms with Crippen LogP contribution in [0.3, 0.4) is 0 Å². The summed E-state index contributed by atoms with van der Waals surface area (Å²) in [6.45, 7) is 1.78. The number of carbonyl (C=O) groups excluding carboxylic acids is 1. The van der Waals surface area contributed by atoms with Gasteiger partial charge in [-0.3, -0.25) is 18.9 Å². The van der Waals surface area contributed by atoms with Crippen LogP contribution in [0.5, 0.6) is 5.75 Å². The maximum atomic E-state index is 13.7. The van der Waals surface area contributed by atoms with E-state index in [9.17, 15) is 31.1 Å². The number of ether oxygens (including phenoxy) is 1. The van der Waals surface area contributed by atoms with Crippen molar-refractivity contribution in [1.82, 2.24) is 14.8 Å². The van der Waals surface area contributed by atoms with Gasteiger partial charge in [0.05, 0.1) is 11.9 Å². The van der Waals surface area contributed by atoms with Crippen molar-refractivity contribution in [1.29, 1.82) is 0 Å². The van der Waals surface area contributed by atoms with Crippen LogP contribution in [-0.2, 0) is 17.8 Å². The Labute approximate surface area is 177 Å². The van der Waals surface area contributed by atoms with Crippen molar-refractivity contribution in [3.05, 3.63) is 53.6 Å². The third-order valence-electron chi connectivity index (χ3n) is 4.56. The van der Waals surface area contributed by atoms with Gasteiger partial charge < -0.3 is 18.9 Å². The number of nitrogens with one attached hydrogen (secondary N) is 1. The second-order valence-corrected chi connectivity index (χ2v) is 7.30. The Morgan fingerprint density at radius 1 is 1.23 bits per heavy atom. The van der Waals surface area contributed by atoms with E-state index in [1.54, 1.807) is 10.8 Å². The predicted molar refractivity (Wildman–Crippen MR) is 101 cm³/mol. The number of benzene rings is 1. The maximum absolute atomic E-state index is 13.7. The monoisotopic (exact) mass is 461 g/mol. The molecule has 1 saturated heterocycles. The zero-order valence-electron chi connectivity index (χ0n) is 15.9. The van der Waals surface area contributed by atoms with Gasteiger partial charge in [-0.25, -0.2) is 4.39 Å². The molecule has 0 saturated carbocycles. The van der Waals surface area contributed by atoms with Gasteiger partial charge in [-0.2, -0.15) is 0 Å². The van der Waals surface area contributed by atoms with Crippen LogP contribution >= 0.6 is 0 Å². The summed E-state index contributed by atoms with van der Waals surface area (Å²) in [5.41, 5.74) is -0.0657. The summed E-state index contributed by atoms with van der Waals surface area (Å²) in [6.07, 6.45) is -2.47. The topological polar surface area (TPSA) is 97.8 Å². The summed E-state index contributed by atoms with van der Waals surface area (Å²) in [4.78, 5) is 19.8. The average molecular weight is 461 g/mol. The van der Waals surface area contributed by atoms with E-state index < -0.39 is 40.8 Å². The number of amides is 1. The predicted octanol–water partition coefficient (Wildman–Crippen LogP) is 2.28. The molecule has 2 aromatic rings. The minimum Gasteiger partial charge on any atom is -0.755 e. The fraction of sp³-hybridized carbons (Fsp3) is 0.333. The Bertz CT molecular complexity index is 968. The summed E-state index contributed by atoms with van der Waals surface area (Å²) < 4.78 is 78.9. The van der Waals surface area contributed by atoms with Crippen molar-refractivity contribution in [3.63, 3.8) is 0 Å². The molecule has 168 valence electrons. The lowest BCUT2D eigenvalue weighted by molar-refractivity contribution is -0.274. The first-order valence-electron chi connectivity index (χ1n) is 8.98. The Morgan fingerprint density at radius 3 is 2.55 bits per heavy atom. The summed E-state index contributed by atoms with van der Waals surface area (Å²) in [7, 11) is 0. The number of pyridine rings is 1. The number of halogens is 4. The summed E-state index contributed by atoms with van der Waals surface area (Å²) >= 11 is -2.88. The van der Waals surface area contributed by atoms with Crippen molar-refractivity contribution in [2.75, 3.05) is 30.9 Å². The van der Waals surface area contributed by atoms with Gasteiger partial charge in [-0.15, -0.1) is 13.2 Å². The summed E-state index contributed by atoms with van der Waals surface area (Å²) in [6, 6.07) is 4.63. The van der Waals surface area contributed by atoms with Crippen LogP contribution in [0.4, 0.5) is 23.2 Å². The first kappa shape index (κ1) is 22.9. The Hall–Kier alpha value is -2.77. The number of piperazine rings is 1. The molecule has 0 bridgehead atoms. The molecule has 1 aliphatic rings. The summed E-state index contributed by atoms with van der Waals surface area (Å²) in [5.74, 6) is -1.79. The fourth-order valence-corrected chi connectivity index (χ4v) is 3.45. The second-order valence-electron chi connectivity index (χ2n) is 6.63. The highest BCUT2D eigenvalue weighted by Crippen LogP contribution is 2.32. The Kier molecular flexibility index (Phi) is 7.08. The van der Waals surface area contributed by atoms with Gasteiger partial charge in [0, 0.05) is 61.3 Å². The van der Waals surface area contributed by atoms with E-state index in [2.05, 4.69) is 9.72 Å². The quantitative estimate of drug-likeness (QED) is 0.524. The molecule has 1 aliphatic heterocycles. The highest BCUT2D eigenvalue weighted by atomic mass is 32.2. The molecule has 1 aromatic carbocycles. The fourth-order valence-electron chi connectivity index (χ4n) is 3.10. The molecule has 1 unspecified atom stereocenters. The molecule has 0 aliphatic carbocycles. The van der Waals surface area contributed by atoms with E-state index in [0.717, 1.165) is 18.3 Å². The highest BCUT2D eigenvalue weighted by molar-refractivity contribution is 7.80. The maximum Gasteiger partial charge on any atom is 0.573 e. The van der Waals surface area contributed by atoms with Crippen molar-refractivity contribution < 1.29 is 35.9 Å². The van der Waals surface area contributed by atoms with Crippen LogP contribution in [0, 0.1) is 5.82 Å². The number of hydrogen-bond donors (Lipinski definition) is 1. The third-order valence-corrected chi connectivity index (χ3v) is 4.94. The largest absolute Gasteiger partial charge is 0.755 e. The van der Waals surface area contributed by atoms with Crippen LogP contribution in [0.25, 0.3) is 0 Å².